The normalized spacial score (nSPS) is 10.5. The summed E-state index contributed by atoms with van der Waals surface area (Å²) in [7, 11) is 1.92. The molecule has 15 heavy (non-hydrogen) atoms. The maximum Gasteiger partial charge on any atom is 0.243 e. The van der Waals surface area contributed by atoms with Gasteiger partial charge in [-0.3, -0.25) is 4.68 Å². The van der Waals surface area contributed by atoms with Crippen LogP contribution >= 0.6 is 0 Å². The number of aromatic nitrogens is 5. The number of aromatic amines is 1. The number of aryl methyl sites for hydroxylation is 1. The summed E-state index contributed by atoms with van der Waals surface area (Å²) >= 11 is 0. The van der Waals surface area contributed by atoms with E-state index in [2.05, 4.69) is 25.6 Å². The summed E-state index contributed by atoms with van der Waals surface area (Å²) in [6.45, 7) is 0.747. The minimum Gasteiger partial charge on any atom is -0.368 e. The molecule has 0 spiro atoms. The van der Waals surface area contributed by atoms with E-state index in [9.17, 15) is 0 Å². The SMILES string of the molecule is Cn1nccc1CCNc1n[nH]c(N)n1. The quantitative estimate of drug-likeness (QED) is 0.643. The smallest absolute Gasteiger partial charge is 0.243 e. The fourth-order valence-corrected chi connectivity index (χ4v) is 1.30. The Hall–Kier alpha value is -2.05. The molecule has 4 N–H and O–H groups in total. The first kappa shape index (κ1) is 9.50. The Morgan fingerprint density at radius 2 is 2.47 bits per heavy atom. The minimum absolute atomic E-state index is 0.318. The lowest BCUT2D eigenvalue weighted by Crippen LogP contribution is -2.09. The maximum atomic E-state index is 5.39. The summed E-state index contributed by atoms with van der Waals surface area (Å²) < 4.78 is 1.84. The highest BCUT2D eigenvalue weighted by Crippen LogP contribution is 2.01. The van der Waals surface area contributed by atoms with Gasteiger partial charge in [-0.2, -0.15) is 10.1 Å². The summed E-state index contributed by atoms with van der Waals surface area (Å²) in [6.07, 6.45) is 2.64. The first-order valence-corrected chi connectivity index (χ1v) is 4.64. The van der Waals surface area contributed by atoms with E-state index >= 15 is 0 Å². The molecule has 2 heterocycles. The van der Waals surface area contributed by atoms with Crippen LogP contribution in [0.1, 0.15) is 5.69 Å². The average molecular weight is 207 g/mol. The Morgan fingerprint density at radius 1 is 1.60 bits per heavy atom. The molecular formula is C8H13N7. The van der Waals surface area contributed by atoms with Gasteiger partial charge < -0.3 is 11.1 Å². The second kappa shape index (κ2) is 3.99. The van der Waals surface area contributed by atoms with Crippen LogP contribution in [0.4, 0.5) is 11.9 Å². The molecule has 0 unspecified atom stereocenters. The Kier molecular flexibility index (Phi) is 2.53. The van der Waals surface area contributed by atoms with Crippen molar-refractivity contribution in [3.05, 3.63) is 18.0 Å². The highest BCUT2D eigenvalue weighted by Gasteiger charge is 2.00. The number of nitrogens with one attached hydrogen (secondary N) is 2. The molecule has 0 bridgehead atoms. The first-order chi connectivity index (χ1) is 7.25. The van der Waals surface area contributed by atoms with Gasteiger partial charge in [-0.25, -0.2) is 5.10 Å². The molecule has 0 aliphatic heterocycles. The predicted octanol–water partition coefficient (Wildman–Crippen LogP) is -0.225. The third-order valence-corrected chi connectivity index (χ3v) is 2.09. The highest BCUT2D eigenvalue weighted by molar-refractivity contribution is 5.29. The van der Waals surface area contributed by atoms with Crippen molar-refractivity contribution >= 4 is 11.9 Å². The van der Waals surface area contributed by atoms with Crippen molar-refractivity contribution in [3.8, 4) is 0 Å². The van der Waals surface area contributed by atoms with E-state index in [1.807, 2.05) is 17.8 Å². The van der Waals surface area contributed by atoms with Gasteiger partial charge in [0.1, 0.15) is 0 Å². The number of nitrogens with two attached hydrogens (primary N) is 1. The fourth-order valence-electron chi connectivity index (χ4n) is 1.30. The van der Waals surface area contributed by atoms with Crippen LogP contribution in [-0.4, -0.2) is 31.5 Å². The van der Waals surface area contributed by atoms with Gasteiger partial charge >= 0.3 is 0 Å². The zero-order valence-corrected chi connectivity index (χ0v) is 8.44. The van der Waals surface area contributed by atoms with Crippen molar-refractivity contribution < 1.29 is 0 Å². The van der Waals surface area contributed by atoms with Gasteiger partial charge in [0.2, 0.25) is 11.9 Å². The molecular weight excluding hydrogens is 194 g/mol. The van der Waals surface area contributed by atoms with E-state index in [4.69, 9.17) is 5.73 Å². The Balaban J connectivity index is 1.83. The number of nitrogens with zero attached hydrogens (tertiary/aromatic N) is 4. The summed E-state index contributed by atoms with van der Waals surface area (Å²) in [5.74, 6) is 0.840. The third-order valence-electron chi connectivity index (χ3n) is 2.09. The summed E-state index contributed by atoms with van der Waals surface area (Å²) in [5, 5.41) is 13.6. The van der Waals surface area contributed by atoms with Crippen LogP contribution in [0, 0.1) is 0 Å². The van der Waals surface area contributed by atoms with E-state index in [-0.39, 0.29) is 0 Å². The third kappa shape index (κ3) is 2.25. The fraction of sp³-hybridized carbons (Fsp3) is 0.375. The first-order valence-electron chi connectivity index (χ1n) is 4.64. The Labute approximate surface area is 86.7 Å². The molecule has 0 atom stereocenters. The molecule has 0 fully saturated rings. The molecule has 0 aliphatic rings. The van der Waals surface area contributed by atoms with Gasteiger partial charge in [-0.1, -0.05) is 0 Å². The number of anilines is 2. The maximum absolute atomic E-state index is 5.39. The van der Waals surface area contributed by atoms with Crippen molar-refractivity contribution in [2.75, 3.05) is 17.6 Å². The number of nitrogen functional groups attached to an aromatic ring is 1. The van der Waals surface area contributed by atoms with Crippen LogP contribution in [0.15, 0.2) is 12.3 Å². The van der Waals surface area contributed by atoms with Crippen molar-refractivity contribution in [1.82, 2.24) is 25.0 Å². The summed E-state index contributed by atoms with van der Waals surface area (Å²) in [6, 6.07) is 1.98. The summed E-state index contributed by atoms with van der Waals surface area (Å²) in [5.41, 5.74) is 6.54. The number of rotatable bonds is 4. The van der Waals surface area contributed by atoms with Crippen LogP contribution in [0.2, 0.25) is 0 Å². The van der Waals surface area contributed by atoms with E-state index in [1.54, 1.807) is 6.20 Å². The molecule has 2 rings (SSSR count). The van der Waals surface area contributed by atoms with Crippen molar-refractivity contribution in [2.24, 2.45) is 7.05 Å². The zero-order valence-electron chi connectivity index (χ0n) is 8.44. The molecule has 0 saturated heterocycles. The lowest BCUT2D eigenvalue weighted by molar-refractivity contribution is 0.710. The van der Waals surface area contributed by atoms with Crippen LogP contribution in [0.5, 0.6) is 0 Å². The molecule has 2 aromatic rings. The number of hydrogen-bond acceptors (Lipinski definition) is 5. The van der Waals surface area contributed by atoms with Gasteiger partial charge in [0, 0.05) is 31.9 Å². The Bertz CT molecular complexity index is 430. The minimum atomic E-state index is 0.318. The van der Waals surface area contributed by atoms with Crippen LogP contribution in [-0.2, 0) is 13.5 Å². The van der Waals surface area contributed by atoms with E-state index in [1.165, 1.54) is 0 Å². The number of hydrogen-bond donors (Lipinski definition) is 3. The second-order valence-electron chi connectivity index (χ2n) is 3.17. The van der Waals surface area contributed by atoms with E-state index in [0.717, 1.165) is 18.7 Å². The standard InChI is InChI=1S/C8H13N7/c1-15-6(3-5-11-15)2-4-10-8-12-7(9)13-14-8/h3,5H,2,4H2,1H3,(H4,9,10,12,13,14). The molecule has 0 amide bonds. The molecule has 0 aliphatic carbocycles. The molecule has 2 aromatic heterocycles. The van der Waals surface area contributed by atoms with Gasteiger partial charge in [0.15, 0.2) is 0 Å². The highest BCUT2D eigenvalue weighted by atomic mass is 15.3. The molecule has 7 heteroatoms. The summed E-state index contributed by atoms with van der Waals surface area (Å²) in [4.78, 5) is 3.93. The topological polar surface area (TPSA) is 97.4 Å². The molecule has 0 aromatic carbocycles. The molecule has 0 saturated carbocycles. The molecule has 80 valence electrons. The van der Waals surface area contributed by atoms with Gasteiger partial charge in [0.05, 0.1) is 0 Å². The van der Waals surface area contributed by atoms with Crippen LogP contribution < -0.4 is 11.1 Å². The lowest BCUT2D eigenvalue weighted by Gasteiger charge is -2.02. The largest absolute Gasteiger partial charge is 0.368 e. The second-order valence-corrected chi connectivity index (χ2v) is 3.17. The molecule has 7 nitrogen and oxygen atoms in total. The van der Waals surface area contributed by atoms with E-state index in [0.29, 0.717) is 11.9 Å². The lowest BCUT2D eigenvalue weighted by atomic mass is 10.3. The van der Waals surface area contributed by atoms with Crippen LogP contribution in [0.3, 0.4) is 0 Å². The monoisotopic (exact) mass is 207 g/mol. The zero-order chi connectivity index (χ0) is 10.7. The van der Waals surface area contributed by atoms with E-state index < -0.39 is 0 Å². The number of H-pyrrole nitrogens is 1. The van der Waals surface area contributed by atoms with Crippen molar-refractivity contribution in [2.45, 2.75) is 6.42 Å². The van der Waals surface area contributed by atoms with Crippen molar-refractivity contribution in [3.63, 3.8) is 0 Å². The molecule has 0 radical (unpaired) electrons. The van der Waals surface area contributed by atoms with Crippen molar-refractivity contribution in [1.29, 1.82) is 0 Å². The van der Waals surface area contributed by atoms with Gasteiger partial charge in [0.25, 0.3) is 0 Å². The van der Waals surface area contributed by atoms with Crippen LogP contribution in [0.25, 0.3) is 0 Å². The van der Waals surface area contributed by atoms with Gasteiger partial charge in [-0.15, -0.1) is 5.10 Å². The van der Waals surface area contributed by atoms with Gasteiger partial charge in [-0.05, 0) is 6.07 Å². The average Bonchev–Trinajstić information content (AvgIpc) is 2.77. The Morgan fingerprint density at radius 3 is 3.07 bits per heavy atom. The predicted molar refractivity (Wildman–Crippen MR) is 56.2 cm³/mol.